The van der Waals surface area contributed by atoms with Gasteiger partial charge in [-0.3, -0.25) is 4.79 Å². The summed E-state index contributed by atoms with van der Waals surface area (Å²) < 4.78 is 2.09. The molecule has 1 N–H and O–H groups in total. The molecule has 1 aliphatic carbocycles. The molecule has 0 amide bonds. The fourth-order valence-electron chi connectivity index (χ4n) is 2.51. The first-order valence-corrected chi connectivity index (χ1v) is 6.42. The number of carbonyl (C=O) groups is 1. The van der Waals surface area contributed by atoms with Crippen LogP contribution in [0.5, 0.6) is 0 Å². The maximum absolute atomic E-state index is 10.8. The van der Waals surface area contributed by atoms with E-state index in [1.807, 2.05) is 24.3 Å². The summed E-state index contributed by atoms with van der Waals surface area (Å²) in [7, 11) is 0. The lowest BCUT2D eigenvalue weighted by Gasteiger charge is -2.25. The van der Waals surface area contributed by atoms with Crippen LogP contribution in [0.15, 0.2) is 24.3 Å². The van der Waals surface area contributed by atoms with Crippen LogP contribution < -0.4 is 0 Å². The number of carboxylic acids is 1. The third kappa shape index (κ3) is 1.88. The molecule has 0 atom stereocenters. The van der Waals surface area contributed by atoms with Gasteiger partial charge in [-0.15, -0.1) is 0 Å². The van der Waals surface area contributed by atoms with Crippen molar-refractivity contribution in [2.24, 2.45) is 0 Å². The smallest absolute Gasteiger partial charge is 0.305 e. The Morgan fingerprint density at radius 3 is 2.83 bits per heavy atom. The second-order valence-corrected chi connectivity index (χ2v) is 4.88. The third-order valence-electron chi connectivity index (χ3n) is 3.70. The van der Waals surface area contributed by atoms with Crippen LogP contribution in [0.25, 0.3) is 11.0 Å². The molecule has 0 radical (unpaired) electrons. The van der Waals surface area contributed by atoms with E-state index in [1.165, 1.54) is 19.3 Å². The summed E-state index contributed by atoms with van der Waals surface area (Å²) in [5, 5.41) is 8.85. The average molecular weight is 244 g/mol. The average Bonchev–Trinajstić information content (AvgIpc) is 2.62. The van der Waals surface area contributed by atoms with Gasteiger partial charge in [0.25, 0.3) is 0 Å². The van der Waals surface area contributed by atoms with E-state index in [0.717, 1.165) is 16.9 Å². The number of fused-ring (bicyclic) bond motifs is 1. The van der Waals surface area contributed by atoms with Crippen LogP contribution >= 0.6 is 0 Å². The SMILES string of the molecule is O=C(O)CCn1c(C2CCC2)nc2ccccc21. The van der Waals surface area contributed by atoms with Gasteiger partial charge in [0.05, 0.1) is 17.5 Å². The lowest BCUT2D eigenvalue weighted by Crippen LogP contribution is -2.16. The molecule has 1 fully saturated rings. The maximum atomic E-state index is 10.8. The van der Waals surface area contributed by atoms with E-state index in [4.69, 9.17) is 5.11 Å². The Bertz CT molecular complexity index is 584. The minimum Gasteiger partial charge on any atom is -0.481 e. The van der Waals surface area contributed by atoms with Gasteiger partial charge in [-0.1, -0.05) is 18.6 Å². The highest BCUT2D eigenvalue weighted by atomic mass is 16.4. The van der Waals surface area contributed by atoms with E-state index in [9.17, 15) is 4.79 Å². The monoisotopic (exact) mass is 244 g/mol. The number of hydrogen-bond acceptors (Lipinski definition) is 2. The molecule has 94 valence electrons. The Kier molecular flexibility index (Phi) is 2.78. The van der Waals surface area contributed by atoms with Crippen LogP contribution in [-0.4, -0.2) is 20.6 Å². The molecule has 0 bridgehead atoms. The molecule has 0 saturated heterocycles. The fraction of sp³-hybridized carbons (Fsp3) is 0.429. The number of imidazole rings is 1. The predicted molar refractivity (Wildman–Crippen MR) is 68.6 cm³/mol. The number of aromatic nitrogens is 2. The van der Waals surface area contributed by atoms with Gasteiger partial charge in [-0.05, 0) is 25.0 Å². The quantitative estimate of drug-likeness (QED) is 0.899. The fourth-order valence-corrected chi connectivity index (χ4v) is 2.51. The van der Waals surface area contributed by atoms with Gasteiger partial charge < -0.3 is 9.67 Å². The van der Waals surface area contributed by atoms with E-state index < -0.39 is 5.97 Å². The van der Waals surface area contributed by atoms with Crippen LogP contribution in [0.3, 0.4) is 0 Å². The van der Waals surface area contributed by atoms with Crippen molar-refractivity contribution in [3.05, 3.63) is 30.1 Å². The summed E-state index contributed by atoms with van der Waals surface area (Å²) in [5.74, 6) is 0.835. The van der Waals surface area contributed by atoms with Crippen molar-refractivity contribution < 1.29 is 9.90 Å². The zero-order valence-electron chi connectivity index (χ0n) is 10.2. The summed E-state index contributed by atoms with van der Waals surface area (Å²) >= 11 is 0. The Labute approximate surface area is 105 Å². The number of para-hydroxylation sites is 2. The van der Waals surface area contributed by atoms with Crippen molar-refractivity contribution in [1.82, 2.24) is 9.55 Å². The van der Waals surface area contributed by atoms with E-state index in [2.05, 4.69) is 9.55 Å². The van der Waals surface area contributed by atoms with Crippen LogP contribution in [0, 0.1) is 0 Å². The van der Waals surface area contributed by atoms with Crippen LogP contribution in [-0.2, 0) is 11.3 Å². The van der Waals surface area contributed by atoms with E-state index in [0.29, 0.717) is 12.5 Å². The van der Waals surface area contributed by atoms with Crippen LogP contribution in [0.1, 0.15) is 37.4 Å². The van der Waals surface area contributed by atoms with E-state index in [1.54, 1.807) is 0 Å². The standard InChI is InChI=1S/C14H16N2O2/c17-13(18)8-9-16-12-7-2-1-6-11(12)15-14(16)10-4-3-5-10/h1-2,6-7,10H,3-5,8-9H2,(H,17,18). The minimum atomic E-state index is -0.757. The summed E-state index contributed by atoms with van der Waals surface area (Å²) in [6.45, 7) is 0.516. The van der Waals surface area contributed by atoms with Gasteiger partial charge in [-0.2, -0.15) is 0 Å². The Balaban J connectivity index is 2.02. The first-order chi connectivity index (χ1) is 8.75. The summed E-state index contributed by atoms with van der Waals surface area (Å²) in [6, 6.07) is 7.97. The molecule has 2 aromatic rings. The van der Waals surface area contributed by atoms with Crippen molar-refractivity contribution in [3.63, 3.8) is 0 Å². The first-order valence-electron chi connectivity index (χ1n) is 6.42. The molecule has 1 aromatic carbocycles. The molecular formula is C14H16N2O2. The zero-order chi connectivity index (χ0) is 12.5. The Hall–Kier alpha value is -1.84. The molecule has 4 heteroatoms. The van der Waals surface area contributed by atoms with Gasteiger partial charge in [-0.25, -0.2) is 4.98 Å². The Morgan fingerprint density at radius 2 is 2.17 bits per heavy atom. The minimum absolute atomic E-state index is 0.153. The highest BCUT2D eigenvalue weighted by Gasteiger charge is 2.25. The molecule has 4 nitrogen and oxygen atoms in total. The second-order valence-electron chi connectivity index (χ2n) is 4.88. The highest BCUT2D eigenvalue weighted by molar-refractivity contribution is 5.76. The molecule has 1 aromatic heterocycles. The molecule has 0 unspecified atom stereocenters. The molecule has 1 heterocycles. The highest BCUT2D eigenvalue weighted by Crippen LogP contribution is 2.37. The molecular weight excluding hydrogens is 228 g/mol. The number of carboxylic acid groups (broad SMARTS) is 1. The number of aliphatic carboxylic acids is 1. The topological polar surface area (TPSA) is 55.1 Å². The molecule has 0 aliphatic heterocycles. The number of benzene rings is 1. The molecule has 1 saturated carbocycles. The zero-order valence-corrected chi connectivity index (χ0v) is 10.2. The lowest BCUT2D eigenvalue weighted by molar-refractivity contribution is -0.137. The largest absolute Gasteiger partial charge is 0.481 e. The van der Waals surface area contributed by atoms with E-state index >= 15 is 0 Å². The van der Waals surface area contributed by atoms with Crippen LogP contribution in [0.2, 0.25) is 0 Å². The lowest BCUT2D eigenvalue weighted by atomic mass is 9.85. The summed E-state index contributed by atoms with van der Waals surface area (Å²) in [4.78, 5) is 15.4. The number of hydrogen-bond donors (Lipinski definition) is 1. The van der Waals surface area contributed by atoms with Gasteiger partial charge in [0.1, 0.15) is 5.82 Å². The van der Waals surface area contributed by atoms with Crippen molar-refractivity contribution in [2.45, 2.75) is 38.1 Å². The molecule has 1 aliphatic rings. The van der Waals surface area contributed by atoms with Crippen molar-refractivity contribution >= 4 is 17.0 Å². The summed E-state index contributed by atoms with van der Waals surface area (Å²) in [5.41, 5.74) is 2.03. The Morgan fingerprint density at radius 1 is 1.39 bits per heavy atom. The number of aryl methyl sites for hydroxylation is 1. The van der Waals surface area contributed by atoms with Gasteiger partial charge in [0.15, 0.2) is 0 Å². The normalized spacial score (nSPS) is 15.8. The number of rotatable bonds is 4. The van der Waals surface area contributed by atoms with Crippen molar-refractivity contribution in [3.8, 4) is 0 Å². The number of nitrogens with zero attached hydrogens (tertiary/aromatic N) is 2. The summed E-state index contributed by atoms with van der Waals surface area (Å²) in [6.07, 6.45) is 3.76. The van der Waals surface area contributed by atoms with E-state index in [-0.39, 0.29) is 6.42 Å². The van der Waals surface area contributed by atoms with Gasteiger partial charge in [0.2, 0.25) is 0 Å². The third-order valence-corrected chi connectivity index (χ3v) is 3.70. The first kappa shape index (κ1) is 11.3. The second kappa shape index (κ2) is 4.44. The van der Waals surface area contributed by atoms with Crippen molar-refractivity contribution in [1.29, 1.82) is 0 Å². The van der Waals surface area contributed by atoms with Crippen molar-refractivity contribution in [2.75, 3.05) is 0 Å². The predicted octanol–water partition coefficient (Wildman–Crippen LogP) is 2.78. The van der Waals surface area contributed by atoms with Crippen LogP contribution in [0.4, 0.5) is 0 Å². The molecule has 0 spiro atoms. The molecule has 3 rings (SSSR count). The van der Waals surface area contributed by atoms with Gasteiger partial charge in [0, 0.05) is 12.5 Å². The maximum Gasteiger partial charge on any atom is 0.305 e. The molecule has 18 heavy (non-hydrogen) atoms. The van der Waals surface area contributed by atoms with Gasteiger partial charge >= 0.3 is 5.97 Å².